The fourth-order valence-corrected chi connectivity index (χ4v) is 3.73. The van der Waals surface area contributed by atoms with Crippen LogP contribution < -0.4 is 10.6 Å². The lowest BCUT2D eigenvalue weighted by molar-refractivity contribution is -0.116. The number of nitrogens with zero attached hydrogens (tertiary/aromatic N) is 2. The van der Waals surface area contributed by atoms with Gasteiger partial charge in [0.1, 0.15) is 5.51 Å². The predicted molar refractivity (Wildman–Crippen MR) is 84.7 cm³/mol. The Labute approximate surface area is 131 Å². The largest absolute Gasteiger partial charge is 0.326 e. The highest BCUT2D eigenvalue weighted by Crippen LogP contribution is 2.29. The zero-order valence-corrected chi connectivity index (χ0v) is 13.0. The first-order chi connectivity index (χ1) is 10.3. The van der Waals surface area contributed by atoms with E-state index >= 15 is 0 Å². The Morgan fingerprint density at radius 3 is 2.95 bits per heavy atom. The average Bonchev–Trinajstić information content (AvgIpc) is 3.14. The summed E-state index contributed by atoms with van der Waals surface area (Å²) in [6.45, 7) is 1.02. The third-order valence-electron chi connectivity index (χ3n) is 3.28. The van der Waals surface area contributed by atoms with Crippen LogP contribution in [0.1, 0.15) is 19.3 Å². The topological polar surface area (TPSA) is 66.9 Å². The number of benzene rings is 1. The van der Waals surface area contributed by atoms with Gasteiger partial charge in [0.2, 0.25) is 5.91 Å². The molecule has 5 nitrogen and oxygen atoms in total. The third kappa shape index (κ3) is 4.26. The molecule has 1 saturated heterocycles. The molecule has 1 aliphatic rings. The van der Waals surface area contributed by atoms with E-state index in [4.69, 9.17) is 0 Å². The van der Waals surface area contributed by atoms with E-state index in [9.17, 15) is 4.79 Å². The molecule has 1 fully saturated rings. The van der Waals surface area contributed by atoms with E-state index in [-0.39, 0.29) is 5.91 Å². The Hall–Kier alpha value is -1.44. The summed E-state index contributed by atoms with van der Waals surface area (Å²) in [7, 11) is 0. The quantitative estimate of drug-likeness (QED) is 0.887. The van der Waals surface area contributed by atoms with Gasteiger partial charge >= 0.3 is 0 Å². The van der Waals surface area contributed by atoms with E-state index in [0.29, 0.717) is 12.5 Å². The number of nitrogens with one attached hydrogen (secondary N) is 2. The lowest BCUT2D eigenvalue weighted by Crippen LogP contribution is -2.27. The van der Waals surface area contributed by atoms with Gasteiger partial charge in [0.25, 0.3) is 0 Å². The van der Waals surface area contributed by atoms with E-state index in [1.165, 1.54) is 11.3 Å². The molecular weight excluding hydrogens is 304 g/mol. The zero-order chi connectivity index (χ0) is 14.5. The van der Waals surface area contributed by atoms with Gasteiger partial charge in [-0.2, -0.15) is 0 Å². The van der Waals surface area contributed by atoms with Crippen molar-refractivity contribution in [1.82, 2.24) is 15.5 Å². The molecule has 2 aromatic rings. The molecule has 0 saturated carbocycles. The fourth-order valence-electron chi connectivity index (χ4n) is 2.28. The maximum Gasteiger partial charge on any atom is 0.225 e. The second-order valence-electron chi connectivity index (χ2n) is 4.88. The minimum atomic E-state index is 0.0685. The van der Waals surface area contributed by atoms with Gasteiger partial charge in [-0.15, -0.1) is 10.2 Å². The van der Waals surface area contributed by atoms with Gasteiger partial charge in [0, 0.05) is 23.0 Å². The minimum absolute atomic E-state index is 0.0685. The molecule has 0 spiro atoms. The molecule has 1 unspecified atom stereocenters. The van der Waals surface area contributed by atoms with Gasteiger partial charge < -0.3 is 10.6 Å². The Kier molecular flexibility index (Phi) is 4.84. The van der Waals surface area contributed by atoms with E-state index in [0.717, 1.165) is 34.3 Å². The van der Waals surface area contributed by atoms with Crippen LogP contribution in [0.2, 0.25) is 0 Å². The Balaban J connectivity index is 1.52. The molecular formula is C14H16N4OS2. The lowest BCUT2D eigenvalue weighted by atomic mass is 10.1. The summed E-state index contributed by atoms with van der Waals surface area (Å²) in [6, 6.07) is 8.13. The molecule has 1 atom stereocenters. The van der Waals surface area contributed by atoms with Gasteiger partial charge in [0.15, 0.2) is 4.34 Å². The Morgan fingerprint density at radius 1 is 1.43 bits per heavy atom. The number of anilines is 1. The molecule has 1 aromatic heterocycles. The molecule has 0 bridgehead atoms. The zero-order valence-electron chi connectivity index (χ0n) is 11.4. The number of rotatable bonds is 5. The molecule has 0 aliphatic carbocycles. The van der Waals surface area contributed by atoms with Crippen LogP contribution in [-0.2, 0) is 4.79 Å². The smallest absolute Gasteiger partial charge is 0.225 e. The summed E-state index contributed by atoms with van der Waals surface area (Å²) in [6.07, 6.45) is 2.79. The normalized spacial score (nSPS) is 17.8. The molecule has 0 radical (unpaired) electrons. The maximum atomic E-state index is 11.9. The first kappa shape index (κ1) is 14.5. The van der Waals surface area contributed by atoms with Crippen LogP contribution in [0.5, 0.6) is 0 Å². The summed E-state index contributed by atoms with van der Waals surface area (Å²) in [5, 5.41) is 14.1. The van der Waals surface area contributed by atoms with Gasteiger partial charge in [0.05, 0.1) is 0 Å². The molecule has 1 amide bonds. The van der Waals surface area contributed by atoms with Crippen LogP contribution in [0, 0.1) is 0 Å². The van der Waals surface area contributed by atoms with Crippen molar-refractivity contribution < 1.29 is 4.79 Å². The van der Waals surface area contributed by atoms with Crippen LogP contribution in [0.25, 0.3) is 0 Å². The number of carbonyl (C=O) groups is 1. The molecule has 3 rings (SSSR count). The second-order valence-corrected chi connectivity index (χ2v) is 7.03. The first-order valence-electron chi connectivity index (χ1n) is 6.87. The summed E-state index contributed by atoms with van der Waals surface area (Å²) < 4.78 is 0.916. The number of amides is 1. The van der Waals surface area contributed by atoms with Crippen molar-refractivity contribution in [3.8, 4) is 0 Å². The number of carbonyl (C=O) groups excluding carboxylic acids is 1. The SMILES string of the molecule is O=C(CC1CCCN1)Nc1ccc(Sc2nncs2)cc1. The molecule has 2 N–H and O–H groups in total. The molecule has 1 aromatic carbocycles. The summed E-state index contributed by atoms with van der Waals surface area (Å²) in [5.74, 6) is 0.0685. The van der Waals surface area contributed by atoms with Crippen molar-refractivity contribution in [3.63, 3.8) is 0 Å². The third-order valence-corrected chi connectivity index (χ3v) is 5.06. The van der Waals surface area contributed by atoms with Crippen LogP contribution in [0.3, 0.4) is 0 Å². The minimum Gasteiger partial charge on any atom is -0.326 e. The van der Waals surface area contributed by atoms with E-state index < -0.39 is 0 Å². The molecule has 1 aliphatic heterocycles. The van der Waals surface area contributed by atoms with Gasteiger partial charge in [-0.3, -0.25) is 4.79 Å². The average molecular weight is 320 g/mol. The van der Waals surface area contributed by atoms with Crippen molar-refractivity contribution >= 4 is 34.7 Å². The highest BCUT2D eigenvalue weighted by molar-refractivity contribution is 8.01. The second kappa shape index (κ2) is 7.02. The Bertz CT molecular complexity index is 580. The molecule has 21 heavy (non-hydrogen) atoms. The standard InChI is InChI=1S/C14H16N4OS2/c19-13(8-11-2-1-7-15-11)17-10-3-5-12(6-4-10)21-14-18-16-9-20-14/h3-6,9,11,15H,1-2,7-8H2,(H,17,19). The van der Waals surface area contributed by atoms with Crippen LogP contribution >= 0.6 is 23.1 Å². The maximum absolute atomic E-state index is 11.9. The van der Waals surface area contributed by atoms with E-state index in [1.807, 2.05) is 24.3 Å². The molecule has 2 heterocycles. The van der Waals surface area contributed by atoms with Gasteiger partial charge in [-0.1, -0.05) is 23.1 Å². The fraction of sp³-hybridized carbons (Fsp3) is 0.357. The van der Waals surface area contributed by atoms with Gasteiger partial charge in [-0.05, 0) is 43.7 Å². The van der Waals surface area contributed by atoms with E-state index in [2.05, 4.69) is 20.8 Å². The highest BCUT2D eigenvalue weighted by atomic mass is 32.2. The Morgan fingerprint density at radius 2 is 2.29 bits per heavy atom. The van der Waals surface area contributed by atoms with E-state index in [1.54, 1.807) is 17.3 Å². The van der Waals surface area contributed by atoms with Crippen molar-refractivity contribution in [3.05, 3.63) is 29.8 Å². The first-order valence-corrected chi connectivity index (χ1v) is 8.56. The molecule has 7 heteroatoms. The van der Waals surface area contributed by atoms with Crippen molar-refractivity contribution in [2.24, 2.45) is 0 Å². The van der Waals surface area contributed by atoms with Crippen LogP contribution in [0.4, 0.5) is 5.69 Å². The van der Waals surface area contributed by atoms with Crippen LogP contribution in [-0.4, -0.2) is 28.7 Å². The van der Waals surface area contributed by atoms with Crippen LogP contribution in [0.15, 0.2) is 39.0 Å². The van der Waals surface area contributed by atoms with Crippen molar-refractivity contribution in [1.29, 1.82) is 0 Å². The molecule has 110 valence electrons. The summed E-state index contributed by atoms with van der Waals surface area (Å²) in [5.41, 5.74) is 2.55. The lowest BCUT2D eigenvalue weighted by Gasteiger charge is -2.10. The van der Waals surface area contributed by atoms with Gasteiger partial charge in [-0.25, -0.2) is 0 Å². The van der Waals surface area contributed by atoms with Crippen molar-refractivity contribution in [2.75, 3.05) is 11.9 Å². The number of hydrogen-bond acceptors (Lipinski definition) is 6. The number of hydrogen-bond donors (Lipinski definition) is 2. The number of aromatic nitrogens is 2. The summed E-state index contributed by atoms with van der Waals surface area (Å²) >= 11 is 3.08. The van der Waals surface area contributed by atoms with Crippen molar-refractivity contribution in [2.45, 2.75) is 34.5 Å². The predicted octanol–water partition coefficient (Wildman–Crippen LogP) is 2.77. The highest BCUT2D eigenvalue weighted by Gasteiger charge is 2.17. The summed E-state index contributed by atoms with van der Waals surface area (Å²) in [4.78, 5) is 13.0. The monoisotopic (exact) mass is 320 g/mol.